The fraction of sp³-hybridized carbons (Fsp3) is 1.00. The summed E-state index contributed by atoms with van der Waals surface area (Å²) in [6, 6.07) is 0. The molecule has 3 saturated heterocycles. The Morgan fingerprint density at radius 2 is 1.50 bits per heavy atom. The first kappa shape index (κ1) is 15.4. The maximum atomic E-state index is 6.18. The normalized spacial score (nSPS) is 41.1. The average Bonchev–Trinajstić information content (AvgIpc) is 2.90. The van der Waals surface area contributed by atoms with Crippen molar-refractivity contribution in [3.63, 3.8) is 0 Å². The monoisotopic (exact) mass is 320 g/mol. The Labute approximate surface area is 129 Å². The fourth-order valence-electron chi connectivity index (χ4n) is 2.89. The van der Waals surface area contributed by atoms with Crippen LogP contribution >= 0.6 is 23.5 Å². The minimum absolute atomic E-state index is 0.0418. The quantitative estimate of drug-likeness (QED) is 0.779. The van der Waals surface area contributed by atoms with Crippen molar-refractivity contribution in [1.29, 1.82) is 0 Å². The van der Waals surface area contributed by atoms with Gasteiger partial charge in [0.2, 0.25) is 0 Å². The number of hydrogen-bond donors (Lipinski definition) is 0. The van der Waals surface area contributed by atoms with E-state index < -0.39 is 11.6 Å². The number of rotatable bonds is 2. The maximum Gasteiger partial charge on any atom is 0.163 e. The van der Waals surface area contributed by atoms with E-state index in [1.165, 1.54) is 17.9 Å². The molecule has 0 unspecified atom stereocenters. The summed E-state index contributed by atoms with van der Waals surface area (Å²) in [6.45, 7) is 8.45. The lowest BCUT2D eigenvalue weighted by Gasteiger charge is -2.30. The van der Waals surface area contributed by atoms with Crippen LogP contribution in [0.3, 0.4) is 0 Å². The van der Waals surface area contributed by atoms with Crippen LogP contribution in [0.5, 0.6) is 0 Å². The topological polar surface area (TPSA) is 36.9 Å². The van der Waals surface area contributed by atoms with E-state index in [1.54, 1.807) is 0 Å². The van der Waals surface area contributed by atoms with Crippen molar-refractivity contribution >= 4 is 23.5 Å². The Balaban J connectivity index is 1.73. The summed E-state index contributed by atoms with van der Waals surface area (Å²) in [5.74, 6) is 1.36. The van der Waals surface area contributed by atoms with Gasteiger partial charge < -0.3 is 18.9 Å². The maximum absolute atomic E-state index is 6.18. The van der Waals surface area contributed by atoms with E-state index >= 15 is 0 Å². The first-order valence-electron chi connectivity index (χ1n) is 7.27. The van der Waals surface area contributed by atoms with Crippen molar-refractivity contribution in [2.75, 3.05) is 18.1 Å². The lowest BCUT2D eigenvalue weighted by atomic mass is 10.1. The molecule has 3 aliphatic rings. The van der Waals surface area contributed by atoms with E-state index in [2.05, 4.69) is 0 Å². The molecule has 6 heteroatoms. The van der Waals surface area contributed by atoms with Gasteiger partial charge in [-0.25, -0.2) is 0 Å². The predicted octanol–water partition coefficient (Wildman–Crippen LogP) is 2.85. The summed E-state index contributed by atoms with van der Waals surface area (Å²) >= 11 is 3.97. The zero-order chi connectivity index (χ0) is 14.4. The smallest absolute Gasteiger partial charge is 0.163 e. The molecule has 0 amide bonds. The zero-order valence-electron chi connectivity index (χ0n) is 12.6. The fourth-order valence-corrected chi connectivity index (χ4v) is 5.92. The second-order valence-corrected chi connectivity index (χ2v) is 9.19. The third-order valence-corrected chi connectivity index (χ3v) is 6.74. The molecule has 3 rings (SSSR count). The molecule has 3 fully saturated rings. The number of thioether (sulfide) groups is 2. The van der Waals surface area contributed by atoms with Crippen LogP contribution in [0.4, 0.5) is 0 Å². The summed E-state index contributed by atoms with van der Waals surface area (Å²) in [4.78, 5) is 0. The molecule has 3 heterocycles. The Hall–Kier alpha value is 0.540. The van der Waals surface area contributed by atoms with Crippen LogP contribution in [0.1, 0.15) is 34.1 Å². The van der Waals surface area contributed by atoms with Crippen molar-refractivity contribution in [2.24, 2.45) is 0 Å². The average molecular weight is 320 g/mol. The van der Waals surface area contributed by atoms with Gasteiger partial charge in [0, 0.05) is 0 Å². The van der Waals surface area contributed by atoms with Gasteiger partial charge in [0.05, 0.1) is 11.2 Å². The van der Waals surface area contributed by atoms with Gasteiger partial charge in [0.25, 0.3) is 0 Å². The van der Waals surface area contributed by atoms with Gasteiger partial charge in [-0.2, -0.15) is 0 Å². The molecule has 4 nitrogen and oxygen atoms in total. The lowest BCUT2D eigenvalue weighted by molar-refractivity contribution is -0.174. The van der Waals surface area contributed by atoms with Gasteiger partial charge in [-0.15, -0.1) is 23.5 Å². The van der Waals surface area contributed by atoms with Gasteiger partial charge in [0.1, 0.15) is 18.3 Å². The third-order valence-electron chi connectivity index (χ3n) is 3.68. The van der Waals surface area contributed by atoms with Crippen LogP contribution in [0.25, 0.3) is 0 Å². The van der Waals surface area contributed by atoms with E-state index in [1.807, 2.05) is 51.2 Å². The van der Waals surface area contributed by atoms with Crippen molar-refractivity contribution in [3.05, 3.63) is 0 Å². The standard InChI is InChI=1S/C14H24O4S2/c1-13(2)15-8-9(16-13)10-11(18-14(3,4)17-10)12-19-6-5-7-20-12/h9-12H,5-8H2,1-4H3/t9-,10-,11+/m1/s1. The summed E-state index contributed by atoms with van der Waals surface area (Å²) in [6.07, 6.45) is 1.27. The van der Waals surface area contributed by atoms with E-state index in [4.69, 9.17) is 18.9 Å². The van der Waals surface area contributed by atoms with Crippen molar-refractivity contribution in [2.45, 2.75) is 68.6 Å². The van der Waals surface area contributed by atoms with Gasteiger partial charge in [-0.1, -0.05) is 0 Å². The van der Waals surface area contributed by atoms with E-state index in [-0.39, 0.29) is 18.3 Å². The highest BCUT2D eigenvalue weighted by Crippen LogP contribution is 2.44. The Bertz CT molecular complexity index is 355. The van der Waals surface area contributed by atoms with Gasteiger partial charge in [-0.05, 0) is 45.6 Å². The highest BCUT2D eigenvalue weighted by atomic mass is 32.2. The second-order valence-electron chi connectivity index (χ2n) is 6.40. The van der Waals surface area contributed by atoms with Crippen LogP contribution in [0.15, 0.2) is 0 Å². The molecule has 3 atom stereocenters. The first-order chi connectivity index (χ1) is 9.36. The Morgan fingerprint density at radius 3 is 2.10 bits per heavy atom. The van der Waals surface area contributed by atoms with Crippen LogP contribution in [-0.2, 0) is 18.9 Å². The Kier molecular flexibility index (Phi) is 4.35. The molecule has 0 radical (unpaired) electrons. The highest BCUT2D eigenvalue weighted by Gasteiger charge is 2.52. The van der Waals surface area contributed by atoms with E-state index in [9.17, 15) is 0 Å². The summed E-state index contributed by atoms with van der Waals surface area (Å²) in [5, 5.41) is 0. The summed E-state index contributed by atoms with van der Waals surface area (Å²) < 4.78 is 24.5. The van der Waals surface area contributed by atoms with Crippen LogP contribution in [0, 0.1) is 0 Å². The summed E-state index contributed by atoms with van der Waals surface area (Å²) in [5.41, 5.74) is 0. The minimum Gasteiger partial charge on any atom is -0.348 e. The van der Waals surface area contributed by atoms with Gasteiger partial charge >= 0.3 is 0 Å². The van der Waals surface area contributed by atoms with Gasteiger partial charge in [0.15, 0.2) is 11.6 Å². The second kappa shape index (κ2) is 5.63. The predicted molar refractivity (Wildman–Crippen MR) is 82.1 cm³/mol. The molecule has 0 aliphatic carbocycles. The molecule has 0 spiro atoms. The van der Waals surface area contributed by atoms with Crippen LogP contribution in [-0.4, -0.2) is 52.6 Å². The minimum atomic E-state index is -0.538. The van der Waals surface area contributed by atoms with Crippen LogP contribution < -0.4 is 0 Å². The number of ether oxygens (including phenoxy) is 4. The molecule has 0 aromatic rings. The van der Waals surface area contributed by atoms with Crippen LogP contribution in [0.2, 0.25) is 0 Å². The van der Waals surface area contributed by atoms with Crippen molar-refractivity contribution in [1.82, 2.24) is 0 Å². The molecule has 20 heavy (non-hydrogen) atoms. The molecular formula is C14H24O4S2. The molecule has 0 aromatic heterocycles. The van der Waals surface area contributed by atoms with Gasteiger partial charge in [-0.3, -0.25) is 0 Å². The number of hydrogen-bond acceptors (Lipinski definition) is 6. The molecular weight excluding hydrogens is 296 g/mol. The van der Waals surface area contributed by atoms with E-state index in [0.717, 1.165) is 0 Å². The molecule has 0 aromatic carbocycles. The molecule has 116 valence electrons. The summed E-state index contributed by atoms with van der Waals surface area (Å²) in [7, 11) is 0. The SMILES string of the molecule is CC1(C)O[C@H]([C@H]2COC(C)(C)O2)[C@@H](C2SCCCS2)O1. The lowest BCUT2D eigenvalue weighted by Crippen LogP contribution is -2.42. The third kappa shape index (κ3) is 3.31. The Morgan fingerprint density at radius 1 is 0.850 bits per heavy atom. The molecule has 0 N–H and O–H groups in total. The highest BCUT2D eigenvalue weighted by molar-refractivity contribution is 8.17. The molecule has 3 aliphatic heterocycles. The van der Waals surface area contributed by atoms with Crippen molar-refractivity contribution in [3.8, 4) is 0 Å². The van der Waals surface area contributed by atoms with Crippen molar-refractivity contribution < 1.29 is 18.9 Å². The first-order valence-corrected chi connectivity index (χ1v) is 9.37. The van der Waals surface area contributed by atoms with E-state index in [0.29, 0.717) is 11.2 Å². The zero-order valence-corrected chi connectivity index (χ0v) is 14.2. The largest absolute Gasteiger partial charge is 0.348 e. The molecule has 0 saturated carbocycles. The molecule has 0 bridgehead atoms.